The van der Waals surface area contributed by atoms with Gasteiger partial charge in [-0.2, -0.15) is 8.42 Å². The van der Waals surface area contributed by atoms with Crippen LogP contribution in [0.1, 0.15) is 50.8 Å². The van der Waals surface area contributed by atoms with E-state index >= 15 is 0 Å². The van der Waals surface area contributed by atoms with Gasteiger partial charge < -0.3 is 23.3 Å². The zero-order chi connectivity index (χ0) is 33.5. The lowest BCUT2D eigenvalue weighted by Crippen LogP contribution is -2.40. The van der Waals surface area contributed by atoms with Crippen molar-refractivity contribution >= 4 is 17.7 Å². The first-order valence-corrected chi connectivity index (χ1v) is 18.9. The highest BCUT2D eigenvalue weighted by Crippen LogP contribution is 2.52. The lowest BCUT2D eigenvalue weighted by Gasteiger charge is -2.38. The molecular formula is C34H46NO9PS. The third kappa shape index (κ3) is 9.19. The second-order valence-corrected chi connectivity index (χ2v) is 15.5. The van der Waals surface area contributed by atoms with Crippen molar-refractivity contribution in [1.82, 2.24) is 4.90 Å². The molecule has 3 aromatic rings. The largest absolute Gasteiger partial charge is 0.497 e. The Morgan fingerprint density at radius 3 is 1.72 bits per heavy atom. The van der Waals surface area contributed by atoms with E-state index in [2.05, 4.69) is 0 Å². The molecule has 1 fully saturated rings. The van der Waals surface area contributed by atoms with Crippen LogP contribution in [0, 0.1) is 0 Å². The molecule has 0 unspecified atom stereocenters. The molecule has 0 amide bonds. The molecule has 1 aliphatic heterocycles. The molecule has 2 atom stereocenters. The highest BCUT2D eigenvalue weighted by atomic mass is 32.2. The Kier molecular flexibility index (Phi) is 12.1. The number of nitrogens with zero attached hydrogens (tertiary/aromatic N) is 1. The Balaban J connectivity index is 1.79. The molecule has 0 saturated carbocycles. The van der Waals surface area contributed by atoms with Crippen LogP contribution in [0.25, 0.3) is 0 Å². The number of hydrogen-bond donors (Lipinski definition) is 0. The third-order valence-corrected chi connectivity index (χ3v) is 10.4. The predicted octanol–water partition coefficient (Wildman–Crippen LogP) is 6.43. The number of rotatable bonds is 16. The molecule has 46 heavy (non-hydrogen) atoms. The molecule has 0 bridgehead atoms. The molecule has 0 aliphatic carbocycles. The first-order valence-electron chi connectivity index (χ1n) is 15.3. The molecule has 3 aromatic carbocycles. The molecule has 0 radical (unpaired) electrons. The summed E-state index contributed by atoms with van der Waals surface area (Å²) in [5, 5.41) is 0. The van der Waals surface area contributed by atoms with E-state index in [1.54, 1.807) is 41.9 Å². The Hall–Kier alpha value is -2.76. The van der Waals surface area contributed by atoms with Crippen molar-refractivity contribution in [2.75, 3.05) is 39.9 Å². The molecule has 0 aromatic heterocycles. The quantitative estimate of drug-likeness (QED) is 0.0957. The third-order valence-electron chi connectivity index (χ3n) is 7.56. The van der Waals surface area contributed by atoms with E-state index in [4.69, 9.17) is 27.4 Å². The van der Waals surface area contributed by atoms with Crippen molar-refractivity contribution in [2.24, 2.45) is 0 Å². The molecular weight excluding hydrogens is 629 g/mol. The van der Waals surface area contributed by atoms with Gasteiger partial charge >= 0.3 is 7.60 Å². The van der Waals surface area contributed by atoms with E-state index in [-0.39, 0.29) is 37.7 Å². The summed E-state index contributed by atoms with van der Waals surface area (Å²) >= 11 is 0. The fourth-order valence-electron chi connectivity index (χ4n) is 5.85. The molecule has 1 heterocycles. The van der Waals surface area contributed by atoms with Gasteiger partial charge in [0.05, 0.1) is 45.4 Å². The summed E-state index contributed by atoms with van der Waals surface area (Å²) in [6.45, 7) is 7.54. The fraction of sp³-hybridized carbons (Fsp3) is 0.471. The topological polar surface area (TPSA) is 110 Å². The van der Waals surface area contributed by atoms with E-state index < -0.39 is 29.4 Å². The lowest BCUT2D eigenvalue weighted by atomic mass is 9.80. The highest BCUT2D eigenvalue weighted by molar-refractivity contribution is 7.86. The minimum atomic E-state index is -3.74. The number of ether oxygens (including phenoxy) is 3. The van der Waals surface area contributed by atoms with E-state index in [1.165, 1.54) is 0 Å². The van der Waals surface area contributed by atoms with Gasteiger partial charge in [-0.25, -0.2) is 0 Å². The molecule has 10 nitrogen and oxygen atoms in total. The van der Waals surface area contributed by atoms with E-state index in [1.807, 2.05) is 83.8 Å². The van der Waals surface area contributed by atoms with Gasteiger partial charge in [0.25, 0.3) is 10.1 Å². The minimum absolute atomic E-state index is 0.0512. The maximum atomic E-state index is 14.0. The summed E-state index contributed by atoms with van der Waals surface area (Å²) in [4.78, 5) is 1.90. The first-order chi connectivity index (χ1) is 21.8. The Labute approximate surface area is 273 Å². The van der Waals surface area contributed by atoms with Crippen LogP contribution in [-0.2, 0) is 38.3 Å². The Bertz CT molecular complexity index is 1490. The van der Waals surface area contributed by atoms with E-state index in [9.17, 15) is 13.0 Å². The van der Waals surface area contributed by atoms with Crippen molar-refractivity contribution in [2.45, 2.75) is 64.1 Å². The molecule has 0 spiro atoms. The van der Waals surface area contributed by atoms with Crippen molar-refractivity contribution < 1.29 is 40.4 Å². The second-order valence-electron chi connectivity index (χ2n) is 12.0. The second kappa shape index (κ2) is 15.4. The molecule has 4 rings (SSSR count). The standard InChI is InChI=1S/C34H46NO9PS/c1-25(2)42-45(36,43-26(3)4)24-35-22-33(44-46(7,37)38)21-30(35)23-41-34(27-11-9-8-10-12-27,28-13-17-31(39-5)18-14-28)29-15-19-32(40-6)20-16-29/h8-20,25-26,30,33H,21-24H2,1-7H3/t30-,33-/m1/s1. The van der Waals surface area contributed by atoms with Gasteiger partial charge in [-0.1, -0.05) is 54.6 Å². The van der Waals surface area contributed by atoms with Crippen molar-refractivity contribution in [3.8, 4) is 11.5 Å². The smallest absolute Gasteiger partial charge is 0.345 e. The SMILES string of the molecule is COc1ccc(C(OC[C@H]2C[C@@H](OS(C)(=O)=O)CN2CP(=O)(OC(C)C)OC(C)C)(c2ccccc2)c2ccc(OC)cc2)cc1. The molecule has 1 aliphatic rings. The average Bonchev–Trinajstić information content (AvgIpc) is 3.36. The van der Waals surface area contributed by atoms with Gasteiger partial charge in [0.2, 0.25) is 0 Å². The summed E-state index contributed by atoms with van der Waals surface area (Å²) in [6.07, 6.45) is -0.0505. The van der Waals surface area contributed by atoms with Crippen LogP contribution < -0.4 is 9.47 Å². The van der Waals surface area contributed by atoms with Crippen LogP contribution in [0.5, 0.6) is 11.5 Å². The number of methoxy groups -OCH3 is 2. The summed E-state index contributed by atoms with van der Waals surface area (Å²) in [6, 6.07) is 24.9. The summed E-state index contributed by atoms with van der Waals surface area (Å²) in [5.41, 5.74) is 1.51. The molecule has 0 N–H and O–H groups in total. The Morgan fingerprint density at radius 2 is 1.28 bits per heavy atom. The van der Waals surface area contributed by atoms with Crippen molar-refractivity contribution in [3.63, 3.8) is 0 Å². The van der Waals surface area contributed by atoms with Crippen LogP contribution in [0.15, 0.2) is 78.9 Å². The maximum Gasteiger partial charge on any atom is 0.345 e. The lowest BCUT2D eigenvalue weighted by molar-refractivity contribution is -0.0145. The van der Waals surface area contributed by atoms with Crippen LogP contribution in [-0.4, -0.2) is 77.6 Å². The van der Waals surface area contributed by atoms with Gasteiger partial charge in [-0.15, -0.1) is 0 Å². The Morgan fingerprint density at radius 1 is 0.804 bits per heavy atom. The monoisotopic (exact) mass is 675 g/mol. The average molecular weight is 676 g/mol. The van der Waals surface area contributed by atoms with E-state index in [0.717, 1.165) is 22.9 Å². The van der Waals surface area contributed by atoms with Crippen LogP contribution in [0.2, 0.25) is 0 Å². The van der Waals surface area contributed by atoms with Crippen LogP contribution in [0.3, 0.4) is 0 Å². The first kappa shape index (κ1) is 36.1. The number of hydrogen-bond acceptors (Lipinski definition) is 10. The number of likely N-dealkylation sites (tertiary alicyclic amines) is 1. The molecule has 12 heteroatoms. The zero-order valence-electron chi connectivity index (χ0n) is 27.6. The molecule has 252 valence electrons. The van der Waals surface area contributed by atoms with Gasteiger partial charge in [-0.3, -0.25) is 13.6 Å². The predicted molar refractivity (Wildman–Crippen MR) is 178 cm³/mol. The normalized spacial score (nSPS) is 17.9. The van der Waals surface area contributed by atoms with Crippen molar-refractivity contribution in [1.29, 1.82) is 0 Å². The van der Waals surface area contributed by atoms with Gasteiger partial charge in [0, 0.05) is 12.6 Å². The van der Waals surface area contributed by atoms with Crippen molar-refractivity contribution in [3.05, 3.63) is 95.6 Å². The molecule has 1 saturated heterocycles. The summed E-state index contributed by atoms with van der Waals surface area (Å²) in [5.74, 6) is 1.41. The van der Waals surface area contributed by atoms with Gasteiger partial charge in [0.1, 0.15) is 23.4 Å². The van der Waals surface area contributed by atoms with Gasteiger partial charge in [-0.05, 0) is 75.1 Å². The fourth-order valence-corrected chi connectivity index (χ4v) is 8.75. The highest BCUT2D eigenvalue weighted by Gasteiger charge is 2.44. The zero-order valence-corrected chi connectivity index (χ0v) is 29.3. The van der Waals surface area contributed by atoms with Crippen LogP contribution in [0.4, 0.5) is 0 Å². The van der Waals surface area contributed by atoms with Gasteiger partial charge in [0.15, 0.2) is 0 Å². The van der Waals surface area contributed by atoms with Crippen LogP contribution >= 0.6 is 7.60 Å². The minimum Gasteiger partial charge on any atom is -0.497 e. The maximum absolute atomic E-state index is 14.0. The number of benzene rings is 3. The summed E-state index contributed by atoms with van der Waals surface area (Å²) < 4.78 is 73.5. The van der Waals surface area contributed by atoms with E-state index in [0.29, 0.717) is 17.9 Å². The summed E-state index contributed by atoms with van der Waals surface area (Å²) in [7, 11) is -4.12.